The van der Waals surface area contributed by atoms with E-state index in [4.69, 9.17) is 28.4 Å². The third-order valence-corrected chi connectivity index (χ3v) is 15.5. The monoisotopic (exact) mass is 1210 g/mol. The van der Waals surface area contributed by atoms with E-state index in [2.05, 4.69) is 20.8 Å². The first-order chi connectivity index (χ1) is 36.3. The maximum atomic E-state index is 12.0. The summed E-state index contributed by atoms with van der Waals surface area (Å²) in [4.78, 5) is 71.4. The topological polar surface area (TPSA) is 329 Å². The molecule has 25 heteroatoms. The van der Waals surface area contributed by atoms with E-state index in [-0.39, 0.29) is 92.5 Å². The molecule has 0 saturated heterocycles. The molecule has 0 aromatic heterocycles. The average Bonchev–Trinajstić information content (AvgIpc) is 3.36. The number of rotatable bonds is 42. The van der Waals surface area contributed by atoms with E-state index in [1.165, 1.54) is 0 Å². The number of hydrogen-bond acceptors (Lipinski definition) is 21. The summed E-state index contributed by atoms with van der Waals surface area (Å²) in [5, 5.41) is -6.17. The van der Waals surface area contributed by atoms with E-state index in [1.807, 2.05) is 62.3 Å². The van der Waals surface area contributed by atoms with Crippen molar-refractivity contribution in [2.24, 2.45) is 35.5 Å². The normalized spacial score (nSPS) is 14.9. The molecule has 0 rings (SSSR count). The third-order valence-electron chi connectivity index (χ3n) is 12.3. The van der Waals surface area contributed by atoms with Crippen LogP contribution in [0, 0.1) is 35.5 Å². The molecule has 0 aliphatic carbocycles. The van der Waals surface area contributed by atoms with Crippen molar-refractivity contribution in [2.75, 3.05) is 39.6 Å². The maximum absolute atomic E-state index is 12.0. The summed E-state index contributed by atoms with van der Waals surface area (Å²) in [6.45, 7) is 24.1. The minimum Gasteiger partial charge on any atom is -0.747 e. The van der Waals surface area contributed by atoms with Crippen LogP contribution in [-0.2, 0) is 87.5 Å². The summed E-state index contributed by atoms with van der Waals surface area (Å²) in [5.41, 5.74) is 0. The molecule has 0 N–H and O–H groups in total. The summed E-state index contributed by atoms with van der Waals surface area (Å²) in [7, 11) is -15.0. The third kappa shape index (κ3) is 46.3. The van der Waals surface area contributed by atoms with Gasteiger partial charge < -0.3 is 42.1 Å². The van der Waals surface area contributed by atoms with Crippen LogP contribution in [0.2, 0.25) is 0 Å². The molecule has 9 unspecified atom stereocenters. The zero-order valence-corrected chi connectivity index (χ0v) is 53.3. The quantitative estimate of drug-likeness (QED) is 0.0238. The first kappa shape index (κ1) is 82.5. The fourth-order valence-corrected chi connectivity index (χ4v) is 8.95. The van der Waals surface area contributed by atoms with Gasteiger partial charge in [0.1, 0.15) is 30.4 Å². The van der Waals surface area contributed by atoms with Crippen molar-refractivity contribution in [3.05, 3.63) is 0 Å². The van der Waals surface area contributed by atoms with Crippen LogP contribution in [-0.4, -0.2) is 147 Å². The van der Waals surface area contributed by atoms with Crippen molar-refractivity contribution in [3.8, 4) is 0 Å². The Hall–Kier alpha value is -2.92. The summed E-state index contributed by atoms with van der Waals surface area (Å²) in [5.74, 6) is -5.62. The molecule has 0 aliphatic rings. The molecule has 462 valence electrons. The number of unbranched alkanes of at least 4 members (excludes halogenated alkanes) is 6. The van der Waals surface area contributed by atoms with Gasteiger partial charge in [-0.25, -0.2) is 25.3 Å². The van der Waals surface area contributed by atoms with Crippen molar-refractivity contribution in [3.63, 3.8) is 0 Å². The molecule has 0 radical (unpaired) electrons. The van der Waals surface area contributed by atoms with Gasteiger partial charge in [0.25, 0.3) is 0 Å². The molecule has 0 aromatic rings. The Morgan fingerprint density at radius 1 is 0.316 bits per heavy atom. The van der Waals surface area contributed by atoms with E-state index in [1.54, 1.807) is 0 Å². The second-order valence-corrected chi connectivity index (χ2v) is 25.6. The van der Waals surface area contributed by atoms with Gasteiger partial charge in [-0.2, -0.15) is 0 Å². The van der Waals surface area contributed by atoms with Gasteiger partial charge in [-0.15, -0.1) is 0 Å². The summed E-state index contributed by atoms with van der Waals surface area (Å²) >= 11 is 0. The molecule has 0 heterocycles. The molecule has 0 aliphatic heterocycles. The molecule has 21 nitrogen and oxygen atoms in total. The van der Waals surface area contributed by atoms with Gasteiger partial charge in [-0.05, 0) is 74.0 Å². The van der Waals surface area contributed by atoms with Gasteiger partial charge in [0.05, 0.1) is 58.9 Å². The van der Waals surface area contributed by atoms with Crippen molar-refractivity contribution >= 4 is 83.5 Å². The first-order valence-corrected chi connectivity index (χ1v) is 32.6. The molecular formula is C54H99AlO21S3. The summed E-state index contributed by atoms with van der Waals surface area (Å²) in [6.07, 6.45) is 14.7. The maximum Gasteiger partial charge on any atom is 3.00 e. The van der Waals surface area contributed by atoms with E-state index in [9.17, 15) is 67.7 Å². The van der Waals surface area contributed by atoms with Gasteiger partial charge in [0, 0.05) is 0 Å². The van der Waals surface area contributed by atoms with E-state index in [0.717, 1.165) is 116 Å². The predicted octanol–water partition coefficient (Wildman–Crippen LogP) is 8.71. The first-order valence-electron chi connectivity index (χ1n) is 28.1. The van der Waals surface area contributed by atoms with Gasteiger partial charge in [-0.1, -0.05) is 160 Å². The minimum atomic E-state index is -5.00. The number of hydrogen-bond donors (Lipinski definition) is 0. The van der Waals surface area contributed by atoms with Gasteiger partial charge in [-0.3, -0.25) is 28.8 Å². The molecule has 79 heavy (non-hydrogen) atoms. The van der Waals surface area contributed by atoms with Crippen molar-refractivity contribution in [1.82, 2.24) is 0 Å². The number of esters is 6. The van der Waals surface area contributed by atoms with Crippen molar-refractivity contribution in [2.45, 2.75) is 234 Å². The zero-order valence-electron chi connectivity index (χ0n) is 49.7. The second kappa shape index (κ2) is 47.6. The molecule has 0 spiro atoms. The Morgan fingerprint density at radius 2 is 0.468 bits per heavy atom. The van der Waals surface area contributed by atoms with Crippen molar-refractivity contribution < 1.29 is 96.1 Å². The molecular weight excluding hydrogens is 1110 g/mol. The summed E-state index contributed by atoms with van der Waals surface area (Å²) in [6, 6.07) is 0. The second-order valence-electron chi connectivity index (χ2n) is 21.0. The Morgan fingerprint density at radius 3 is 0.608 bits per heavy atom. The number of carbonyl (C=O) groups excluding carboxylic acids is 6. The number of carbonyl (C=O) groups is 6. The van der Waals surface area contributed by atoms with Crippen LogP contribution >= 0.6 is 0 Å². The van der Waals surface area contributed by atoms with Crippen LogP contribution < -0.4 is 0 Å². The molecule has 9 atom stereocenters. The minimum absolute atomic E-state index is 0. The van der Waals surface area contributed by atoms with Gasteiger partial charge in [0.2, 0.25) is 0 Å². The van der Waals surface area contributed by atoms with Crippen molar-refractivity contribution in [1.29, 1.82) is 0 Å². The Labute approximate surface area is 486 Å². The average molecular weight is 1210 g/mol. The smallest absolute Gasteiger partial charge is 0.747 e. The predicted molar refractivity (Wildman–Crippen MR) is 298 cm³/mol. The zero-order chi connectivity index (χ0) is 60.5. The molecule has 0 fully saturated rings. The van der Waals surface area contributed by atoms with Crippen LogP contribution in [0.3, 0.4) is 0 Å². The molecule has 0 aromatic carbocycles. The van der Waals surface area contributed by atoms with Crippen LogP contribution in [0.25, 0.3) is 0 Å². The molecule has 0 bridgehead atoms. The van der Waals surface area contributed by atoms with Gasteiger partial charge >= 0.3 is 53.2 Å². The molecule has 0 amide bonds. The van der Waals surface area contributed by atoms with Crippen LogP contribution in [0.1, 0.15) is 218 Å². The van der Waals surface area contributed by atoms with Crippen LogP contribution in [0.15, 0.2) is 0 Å². The largest absolute Gasteiger partial charge is 3.00 e. The standard InChI is InChI=1S/3C18H34O7S.Al/c3*1-5-7-9-14(3)12-24-17(19)11-16(26(21,22)23)18(20)25-13-15(4)10-8-6-2;/h3*14-16H,5-13H2,1-4H3,(H,21,22,23);/q;;;+3/p-3. The summed E-state index contributed by atoms with van der Waals surface area (Å²) < 4.78 is 132. The van der Waals surface area contributed by atoms with Gasteiger partial charge in [0.15, 0.2) is 15.7 Å². The van der Waals surface area contributed by atoms with Crippen LogP contribution in [0.5, 0.6) is 0 Å². The Balaban J connectivity index is -0.000000531. The fourth-order valence-electron chi connectivity index (χ4n) is 7.01. The number of ether oxygens (including phenoxy) is 6. The SMILES string of the molecule is CCCCC(C)COC(=O)CC(C(=O)OCC(C)CCCC)S(=O)(=O)[O-].CCCCC(C)COC(=O)CC(C(=O)OCC(C)CCCC)S(=O)(=O)[O-].CCCCC(C)COC(=O)CC(C(=O)OCC(C)CCCC)S(=O)(=O)[O-].[Al+3]. The Bertz CT molecular complexity index is 1780. The fraction of sp³-hybridized carbons (Fsp3) is 0.889. The Kier molecular flexibility index (Phi) is 49.7. The van der Waals surface area contributed by atoms with E-state index in [0.29, 0.717) is 0 Å². The van der Waals surface area contributed by atoms with E-state index < -0.39 is 101 Å². The van der Waals surface area contributed by atoms with E-state index >= 15 is 0 Å². The van der Waals surface area contributed by atoms with Crippen LogP contribution in [0.4, 0.5) is 0 Å². The molecule has 0 saturated carbocycles.